The monoisotopic (exact) mass is 652 g/mol. The van der Waals surface area contributed by atoms with Crippen LogP contribution in [0.2, 0.25) is 0 Å². The van der Waals surface area contributed by atoms with Crippen LogP contribution < -0.4 is 55.1 Å². The van der Waals surface area contributed by atoms with E-state index in [9.17, 15) is 0 Å². The molecule has 0 radical (unpaired) electrons. The van der Waals surface area contributed by atoms with Crippen molar-refractivity contribution < 1.29 is 131 Å². The van der Waals surface area contributed by atoms with Gasteiger partial charge in [-0.1, -0.05) is 0 Å². The largest absolute Gasteiger partial charge is 2.00 e. The van der Waals surface area contributed by atoms with Gasteiger partial charge in [0.1, 0.15) is 0 Å². The molecule has 0 aliphatic rings. The SMILES string of the molecule is CC(=O)[O-].CC(=O)[O-].CC(=O)[O-].CC(=O)[O-].CC(=O)[O-].[Na+].[O]=[U+2]=[O].[Zn+2]. The van der Waals surface area contributed by atoms with Gasteiger partial charge in [0.15, 0.2) is 0 Å². The first-order chi connectivity index (χ1) is 10.1. The van der Waals surface area contributed by atoms with Crippen molar-refractivity contribution in [3.05, 3.63) is 0 Å². The van der Waals surface area contributed by atoms with Crippen LogP contribution in [-0.2, 0) is 47.9 Å². The molecule has 15 heteroatoms. The fourth-order valence-corrected chi connectivity index (χ4v) is 0. The number of hydrogen-bond donors (Lipinski definition) is 0. The van der Waals surface area contributed by atoms with Crippen molar-refractivity contribution in [3.63, 3.8) is 0 Å². The van der Waals surface area contributed by atoms with Gasteiger partial charge in [-0.15, -0.1) is 0 Å². The quantitative estimate of drug-likeness (QED) is 0.222. The smallest absolute Gasteiger partial charge is 2.00 e. The van der Waals surface area contributed by atoms with E-state index >= 15 is 0 Å². The van der Waals surface area contributed by atoms with Crippen molar-refractivity contribution >= 4 is 29.8 Å². The van der Waals surface area contributed by atoms with Crippen LogP contribution in [0.5, 0.6) is 0 Å². The fraction of sp³-hybridized carbons (Fsp3) is 0.500. The predicted octanol–water partition coefficient (Wildman–Crippen LogP) is -9.46. The molecule has 134 valence electrons. The van der Waals surface area contributed by atoms with Crippen molar-refractivity contribution in [1.82, 2.24) is 0 Å². The Balaban J connectivity index is -0.0000000228. The van der Waals surface area contributed by atoms with Crippen LogP contribution in [0.4, 0.5) is 0 Å². The Morgan fingerprint density at radius 3 is 0.520 bits per heavy atom. The molecule has 0 atom stereocenters. The third kappa shape index (κ3) is 78700. The Hall–Kier alpha value is -0.375. The van der Waals surface area contributed by atoms with Gasteiger partial charge in [0.25, 0.3) is 0 Å². The summed E-state index contributed by atoms with van der Waals surface area (Å²) in [6, 6.07) is 0. The molecule has 0 rings (SSSR count). The van der Waals surface area contributed by atoms with Crippen LogP contribution in [0.3, 0.4) is 0 Å². The maximum Gasteiger partial charge on any atom is 2.00 e. The van der Waals surface area contributed by atoms with Crippen molar-refractivity contribution in [3.8, 4) is 0 Å². The summed E-state index contributed by atoms with van der Waals surface area (Å²) in [6.45, 7) is 4.86. The summed E-state index contributed by atoms with van der Waals surface area (Å²) in [5, 5.41) is 44.4. The van der Waals surface area contributed by atoms with E-state index in [0.717, 1.165) is 34.6 Å². The minimum absolute atomic E-state index is 0. The Bertz CT molecular complexity index is 292. The Morgan fingerprint density at radius 1 is 0.520 bits per heavy atom. The molecule has 0 unspecified atom stereocenters. The van der Waals surface area contributed by atoms with Gasteiger partial charge in [0, 0.05) is 29.8 Å². The molecular weight excluding hydrogens is 639 g/mol. The van der Waals surface area contributed by atoms with Crippen molar-refractivity contribution in [2.45, 2.75) is 34.6 Å². The number of hydrogen-bond acceptors (Lipinski definition) is 12. The second-order valence-electron chi connectivity index (χ2n) is 2.54. The summed E-state index contributed by atoms with van der Waals surface area (Å²) in [7, 11) is 0. The molecule has 0 saturated heterocycles. The average molecular weight is 654 g/mol. The molecule has 0 aromatic rings. The average Bonchev–Trinajstić information content (AvgIpc) is 2.11. The third-order valence-corrected chi connectivity index (χ3v) is 0. The van der Waals surface area contributed by atoms with Crippen LogP contribution in [0, 0.1) is 27.8 Å². The maximum atomic E-state index is 8.89. The molecule has 0 heterocycles. The summed E-state index contributed by atoms with van der Waals surface area (Å²) in [4.78, 5) is 44.4. The van der Waals surface area contributed by atoms with Crippen molar-refractivity contribution in [2.24, 2.45) is 0 Å². The Kier molecular flexibility index (Phi) is 98.5. The van der Waals surface area contributed by atoms with Crippen LogP contribution in [0.1, 0.15) is 34.6 Å². The van der Waals surface area contributed by atoms with Gasteiger partial charge >= 0.3 is 81.3 Å². The molecule has 0 aromatic carbocycles. The number of carboxylic acids is 5. The van der Waals surface area contributed by atoms with Gasteiger partial charge in [-0.25, -0.2) is 0 Å². The summed E-state index contributed by atoms with van der Waals surface area (Å²) in [5.41, 5.74) is 0. The van der Waals surface area contributed by atoms with Crippen LogP contribution >= 0.6 is 0 Å². The topological polar surface area (TPSA) is 235 Å². The van der Waals surface area contributed by atoms with Crippen LogP contribution in [0.25, 0.3) is 0 Å². The second kappa shape index (κ2) is 49.5. The Morgan fingerprint density at radius 2 is 0.520 bits per heavy atom. The summed E-state index contributed by atoms with van der Waals surface area (Å²) in [6.07, 6.45) is 0. The van der Waals surface area contributed by atoms with Gasteiger partial charge in [-0.2, -0.15) is 0 Å². The zero-order chi connectivity index (χ0) is 20.6. The van der Waals surface area contributed by atoms with Crippen LogP contribution in [0.15, 0.2) is 0 Å². The number of aliphatic carboxylic acids is 5. The van der Waals surface area contributed by atoms with Gasteiger partial charge in [-0.3, -0.25) is 0 Å². The molecule has 12 nitrogen and oxygen atoms in total. The zero-order valence-corrected chi connectivity index (χ0v) is 23.7. The maximum absolute atomic E-state index is 8.89. The summed E-state index contributed by atoms with van der Waals surface area (Å²) >= 11 is -2.51. The molecule has 0 bridgehead atoms. The molecular formula is C10H15NaO12UZn. The molecule has 0 amide bonds. The predicted molar refractivity (Wildman–Crippen MR) is 54.8 cm³/mol. The standard InChI is InChI=1S/5C2H4O2.Na.2O.U.Zn/c5*1-2(3)4;;;;;/h5*1H3,(H,3,4);;;;;/q;;;;;+1;;;2*+2/p-5. The van der Waals surface area contributed by atoms with Crippen LogP contribution in [-0.4, -0.2) is 29.8 Å². The zero-order valence-electron chi connectivity index (χ0n) is 14.6. The van der Waals surface area contributed by atoms with E-state index in [2.05, 4.69) is 0 Å². The fourth-order valence-electron chi connectivity index (χ4n) is 0. The first-order valence-corrected chi connectivity index (χ1v) is 8.35. The van der Waals surface area contributed by atoms with E-state index in [4.69, 9.17) is 54.0 Å². The molecule has 0 aliphatic heterocycles. The van der Waals surface area contributed by atoms with Crippen molar-refractivity contribution in [2.75, 3.05) is 0 Å². The van der Waals surface area contributed by atoms with E-state index in [1.807, 2.05) is 0 Å². The molecule has 25 heavy (non-hydrogen) atoms. The molecule has 0 N–H and O–H groups in total. The second-order valence-corrected chi connectivity index (χ2v) is 3.24. The van der Waals surface area contributed by atoms with E-state index in [1.54, 1.807) is 0 Å². The number of carbonyl (C=O) groups excluding carboxylic acids is 5. The molecule has 0 aromatic heterocycles. The minimum Gasteiger partial charge on any atom is 2.00 e. The van der Waals surface area contributed by atoms with E-state index in [1.165, 1.54) is 0 Å². The third-order valence-electron chi connectivity index (χ3n) is 0. The van der Waals surface area contributed by atoms with E-state index in [-0.39, 0.29) is 49.0 Å². The molecule has 0 spiro atoms. The van der Waals surface area contributed by atoms with Crippen molar-refractivity contribution in [1.29, 1.82) is 0 Å². The van der Waals surface area contributed by atoms with Gasteiger partial charge < -0.3 is 49.5 Å². The summed E-state index contributed by atoms with van der Waals surface area (Å²) in [5.74, 6) is -5.42. The first-order valence-electron chi connectivity index (χ1n) is 4.95. The summed E-state index contributed by atoms with van der Waals surface area (Å²) < 4.78 is 17.2. The van der Waals surface area contributed by atoms with Gasteiger partial charge in [-0.05, 0) is 34.6 Å². The molecule has 0 saturated carbocycles. The first kappa shape index (κ1) is 49.7. The number of carboxylic acid groups (broad SMARTS) is 5. The molecule has 0 aliphatic carbocycles. The molecule has 0 fully saturated rings. The number of rotatable bonds is 0. The Labute approximate surface area is 193 Å². The van der Waals surface area contributed by atoms with Gasteiger partial charge in [0.05, 0.1) is 0 Å². The normalized spacial score (nSPS) is 5.32. The number of carbonyl (C=O) groups is 5. The minimum atomic E-state index is -2.51. The van der Waals surface area contributed by atoms with E-state index in [0.29, 0.717) is 0 Å². The van der Waals surface area contributed by atoms with Gasteiger partial charge in [0.2, 0.25) is 0 Å². The van der Waals surface area contributed by atoms with E-state index < -0.39 is 57.7 Å².